The standard InChI is InChI=1S/C14H19NO5S/c1-4-9-15(13(10-16)14(17)20-3)21(18,19)12-7-5-11(2)6-8-12/h4-8,13,16H,1,9-10H2,2-3H3/t13-/m0/s1. The second kappa shape index (κ2) is 7.35. The van der Waals surface area contributed by atoms with Crippen molar-refractivity contribution in [1.29, 1.82) is 0 Å². The number of esters is 1. The molecule has 0 bridgehead atoms. The second-order valence-electron chi connectivity index (χ2n) is 4.40. The number of methoxy groups -OCH3 is 1. The van der Waals surface area contributed by atoms with Gasteiger partial charge in [-0.1, -0.05) is 23.8 Å². The zero-order valence-electron chi connectivity index (χ0n) is 12.0. The van der Waals surface area contributed by atoms with E-state index in [2.05, 4.69) is 11.3 Å². The van der Waals surface area contributed by atoms with Gasteiger partial charge in [0.1, 0.15) is 6.04 Å². The molecule has 0 spiro atoms. The molecule has 0 saturated heterocycles. The lowest BCUT2D eigenvalue weighted by molar-refractivity contribution is -0.146. The maximum absolute atomic E-state index is 12.6. The van der Waals surface area contributed by atoms with E-state index in [-0.39, 0.29) is 11.4 Å². The number of sulfonamides is 1. The molecule has 0 radical (unpaired) electrons. The SMILES string of the molecule is C=CCN([C@@H](CO)C(=O)OC)S(=O)(=O)c1ccc(C)cc1. The maximum Gasteiger partial charge on any atom is 0.326 e. The number of benzene rings is 1. The Hall–Kier alpha value is -1.70. The maximum atomic E-state index is 12.6. The first kappa shape index (κ1) is 17.4. The van der Waals surface area contributed by atoms with E-state index in [9.17, 15) is 18.3 Å². The molecule has 21 heavy (non-hydrogen) atoms. The normalized spacial score (nSPS) is 13.0. The lowest BCUT2D eigenvalue weighted by Gasteiger charge is -2.26. The minimum absolute atomic E-state index is 0.0392. The van der Waals surface area contributed by atoms with Crippen LogP contribution in [0.2, 0.25) is 0 Å². The highest BCUT2D eigenvalue weighted by molar-refractivity contribution is 7.89. The van der Waals surface area contributed by atoms with Crippen LogP contribution in [0.1, 0.15) is 5.56 Å². The average Bonchev–Trinajstić information content (AvgIpc) is 2.47. The Morgan fingerprint density at radius 2 is 2.00 bits per heavy atom. The Morgan fingerprint density at radius 3 is 2.43 bits per heavy atom. The van der Waals surface area contributed by atoms with Gasteiger partial charge in [-0.15, -0.1) is 6.58 Å². The van der Waals surface area contributed by atoms with Crippen LogP contribution in [-0.2, 0) is 19.6 Å². The summed E-state index contributed by atoms with van der Waals surface area (Å²) in [6.07, 6.45) is 1.34. The predicted molar refractivity (Wildman–Crippen MR) is 78.2 cm³/mol. The summed E-state index contributed by atoms with van der Waals surface area (Å²) in [5.74, 6) is -0.824. The third-order valence-corrected chi connectivity index (χ3v) is 4.82. The molecule has 0 fully saturated rings. The van der Waals surface area contributed by atoms with Crippen molar-refractivity contribution in [1.82, 2.24) is 4.31 Å². The van der Waals surface area contributed by atoms with Crippen LogP contribution < -0.4 is 0 Å². The molecule has 1 aromatic carbocycles. The molecule has 0 aliphatic heterocycles. The number of hydrogen-bond donors (Lipinski definition) is 1. The molecular weight excluding hydrogens is 294 g/mol. The molecule has 0 aliphatic carbocycles. The van der Waals surface area contributed by atoms with Crippen LogP contribution in [0.5, 0.6) is 0 Å². The lowest BCUT2D eigenvalue weighted by atomic mass is 10.2. The van der Waals surface area contributed by atoms with Gasteiger partial charge in [0.05, 0.1) is 18.6 Å². The fraction of sp³-hybridized carbons (Fsp3) is 0.357. The smallest absolute Gasteiger partial charge is 0.326 e. The average molecular weight is 313 g/mol. The van der Waals surface area contributed by atoms with Crippen LogP contribution in [0, 0.1) is 6.92 Å². The zero-order chi connectivity index (χ0) is 16.0. The summed E-state index contributed by atoms with van der Waals surface area (Å²) in [6.45, 7) is 4.53. The largest absolute Gasteiger partial charge is 0.468 e. The van der Waals surface area contributed by atoms with Gasteiger partial charge in [-0.25, -0.2) is 8.42 Å². The Labute approximate surface area is 124 Å². The zero-order valence-corrected chi connectivity index (χ0v) is 12.8. The Kier molecular flexibility index (Phi) is 6.07. The van der Waals surface area contributed by atoms with Gasteiger partial charge in [-0.3, -0.25) is 4.79 Å². The predicted octanol–water partition coefficient (Wildman–Crippen LogP) is 0.706. The van der Waals surface area contributed by atoms with Crippen molar-refractivity contribution in [3.05, 3.63) is 42.5 Å². The number of ether oxygens (including phenoxy) is 1. The number of nitrogens with zero attached hydrogens (tertiary/aromatic N) is 1. The highest BCUT2D eigenvalue weighted by Gasteiger charge is 2.35. The van der Waals surface area contributed by atoms with Crippen molar-refractivity contribution >= 4 is 16.0 Å². The molecule has 0 aliphatic rings. The van der Waals surface area contributed by atoms with Crippen molar-refractivity contribution in [3.8, 4) is 0 Å². The van der Waals surface area contributed by atoms with Gasteiger partial charge in [-0.2, -0.15) is 4.31 Å². The summed E-state index contributed by atoms with van der Waals surface area (Å²) in [7, 11) is -2.81. The number of hydrogen-bond acceptors (Lipinski definition) is 5. The van der Waals surface area contributed by atoms with E-state index in [1.807, 2.05) is 6.92 Å². The minimum Gasteiger partial charge on any atom is -0.468 e. The molecule has 0 unspecified atom stereocenters. The molecule has 116 valence electrons. The Balaban J connectivity index is 3.27. The molecule has 0 saturated carbocycles. The minimum atomic E-state index is -3.95. The van der Waals surface area contributed by atoms with Crippen LogP contribution in [0.3, 0.4) is 0 Å². The lowest BCUT2D eigenvalue weighted by Crippen LogP contribution is -2.47. The van der Waals surface area contributed by atoms with Crippen molar-refractivity contribution in [2.45, 2.75) is 17.9 Å². The molecule has 7 heteroatoms. The van der Waals surface area contributed by atoms with Crippen LogP contribution in [0.4, 0.5) is 0 Å². The molecule has 0 aromatic heterocycles. The first-order valence-corrected chi connectivity index (χ1v) is 7.70. The first-order chi connectivity index (χ1) is 9.88. The summed E-state index contributed by atoms with van der Waals surface area (Å²) in [5.41, 5.74) is 0.913. The van der Waals surface area contributed by atoms with E-state index in [0.717, 1.165) is 17.0 Å². The van der Waals surface area contributed by atoms with Crippen molar-refractivity contribution < 1.29 is 23.1 Å². The van der Waals surface area contributed by atoms with E-state index >= 15 is 0 Å². The number of carbonyl (C=O) groups excluding carboxylic acids is 1. The summed E-state index contributed by atoms with van der Waals surface area (Å²) >= 11 is 0. The molecule has 0 heterocycles. The highest BCUT2D eigenvalue weighted by Crippen LogP contribution is 2.19. The van der Waals surface area contributed by atoms with Gasteiger partial charge in [0, 0.05) is 6.54 Å². The Bertz CT molecular complexity index is 594. The topological polar surface area (TPSA) is 83.9 Å². The quantitative estimate of drug-likeness (QED) is 0.592. The van der Waals surface area contributed by atoms with Crippen LogP contribution in [0.15, 0.2) is 41.8 Å². The molecule has 1 aromatic rings. The fourth-order valence-corrected chi connectivity index (χ4v) is 3.33. The summed E-state index contributed by atoms with van der Waals surface area (Å²) in [5, 5.41) is 9.34. The third kappa shape index (κ3) is 3.90. The van der Waals surface area contributed by atoms with E-state index in [0.29, 0.717) is 0 Å². The number of aliphatic hydroxyl groups is 1. The molecule has 1 atom stereocenters. The second-order valence-corrected chi connectivity index (χ2v) is 6.29. The molecule has 0 amide bonds. The number of carbonyl (C=O) groups is 1. The van der Waals surface area contributed by atoms with Gasteiger partial charge in [0.2, 0.25) is 10.0 Å². The summed E-state index contributed by atoms with van der Waals surface area (Å²) in [6, 6.07) is 4.91. The van der Waals surface area contributed by atoms with Crippen LogP contribution >= 0.6 is 0 Å². The van der Waals surface area contributed by atoms with Gasteiger partial charge >= 0.3 is 5.97 Å². The fourth-order valence-electron chi connectivity index (χ4n) is 1.78. The molecule has 1 rings (SSSR count). The van der Waals surface area contributed by atoms with Gasteiger partial charge in [0.15, 0.2) is 0 Å². The number of rotatable bonds is 7. The third-order valence-electron chi connectivity index (χ3n) is 2.93. The van der Waals surface area contributed by atoms with Crippen LogP contribution in [0.25, 0.3) is 0 Å². The van der Waals surface area contributed by atoms with Crippen LogP contribution in [-0.4, -0.2) is 50.1 Å². The summed E-state index contributed by atoms with van der Waals surface area (Å²) in [4.78, 5) is 11.7. The van der Waals surface area contributed by atoms with E-state index in [4.69, 9.17) is 0 Å². The monoisotopic (exact) mass is 313 g/mol. The van der Waals surface area contributed by atoms with E-state index < -0.39 is 28.6 Å². The van der Waals surface area contributed by atoms with Crippen molar-refractivity contribution in [2.75, 3.05) is 20.3 Å². The van der Waals surface area contributed by atoms with Gasteiger partial charge in [-0.05, 0) is 19.1 Å². The molecular formula is C14H19NO5S. The highest BCUT2D eigenvalue weighted by atomic mass is 32.2. The van der Waals surface area contributed by atoms with Gasteiger partial charge in [0.25, 0.3) is 0 Å². The van der Waals surface area contributed by atoms with Crippen molar-refractivity contribution in [2.24, 2.45) is 0 Å². The number of aliphatic hydroxyl groups excluding tert-OH is 1. The first-order valence-electron chi connectivity index (χ1n) is 6.26. The van der Waals surface area contributed by atoms with Crippen molar-refractivity contribution in [3.63, 3.8) is 0 Å². The summed E-state index contributed by atoms with van der Waals surface area (Å²) < 4.78 is 30.6. The molecule has 1 N–H and O–H groups in total. The van der Waals surface area contributed by atoms with E-state index in [1.54, 1.807) is 12.1 Å². The van der Waals surface area contributed by atoms with E-state index in [1.165, 1.54) is 18.2 Å². The molecule has 6 nitrogen and oxygen atoms in total. The Morgan fingerprint density at radius 1 is 1.43 bits per heavy atom. The number of aryl methyl sites for hydroxylation is 1. The van der Waals surface area contributed by atoms with Gasteiger partial charge < -0.3 is 9.84 Å².